The van der Waals surface area contributed by atoms with Crippen molar-refractivity contribution in [2.75, 3.05) is 9.80 Å². The molecule has 0 saturated carbocycles. The van der Waals surface area contributed by atoms with Crippen molar-refractivity contribution in [3.63, 3.8) is 0 Å². The van der Waals surface area contributed by atoms with Gasteiger partial charge in [-0.15, -0.1) is 0 Å². The van der Waals surface area contributed by atoms with Gasteiger partial charge in [0.2, 0.25) is 0 Å². The Hall–Kier alpha value is -10.5. The number of hydrogen-bond acceptors (Lipinski definition) is 13. The fraction of sp³-hybridized carbons (Fsp3) is 0.0824. The third-order valence-corrected chi connectivity index (χ3v) is 20.1. The first-order valence-corrected chi connectivity index (χ1v) is 36.7. The van der Waals surface area contributed by atoms with Gasteiger partial charge in [-0.1, -0.05) is 176 Å². The number of para-hydroxylation sites is 10. The average molecular weight is 1620 g/mol. The van der Waals surface area contributed by atoms with Crippen LogP contribution in [0.1, 0.15) is 38.8 Å². The first-order chi connectivity index (χ1) is 50.6. The molecule has 510 valence electrons. The summed E-state index contributed by atoms with van der Waals surface area (Å²) in [4.78, 5) is 31.4. The van der Waals surface area contributed by atoms with Crippen molar-refractivity contribution in [3.05, 3.63) is 327 Å². The van der Waals surface area contributed by atoms with E-state index < -0.39 is 0 Å². The molecular formula is C85H62BBr4FN8O5. The van der Waals surface area contributed by atoms with Gasteiger partial charge in [0.15, 0.2) is 38.3 Å². The van der Waals surface area contributed by atoms with E-state index in [4.69, 9.17) is 33.5 Å². The molecule has 0 N–H and O–H groups in total. The smallest absolute Gasteiger partial charge is 0.457 e. The van der Waals surface area contributed by atoms with Crippen molar-refractivity contribution in [1.29, 1.82) is 0 Å². The number of nitrogens with zero attached hydrogens (tertiary/aromatic N) is 8. The highest BCUT2D eigenvalue weighted by Crippen LogP contribution is 2.53. The van der Waals surface area contributed by atoms with Crippen molar-refractivity contribution in [2.24, 2.45) is 0 Å². The molecule has 13 nitrogen and oxygen atoms in total. The van der Waals surface area contributed by atoms with Gasteiger partial charge < -0.3 is 33.3 Å². The van der Waals surface area contributed by atoms with Crippen molar-refractivity contribution in [1.82, 2.24) is 29.9 Å². The molecular weight excluding hydrogens is 1560 g/mol. The topological polar surface area (TPSA) is 130 Å². The second kappa shape index (κ2) is 30.1. The highest BCUT2D eigenvalue weighted by molar-refractivity contribution is 9.11. The van der Waals surface area contributed by atoms with Crippen LogP contribution in [0.2, 0.25) is 0 Å². The molecule has 1 fully saturated rings. The highest BCUT2D eigenvalue weighted by Gasteiger charge is 2.51. The van der Waals surface area contributed by atoms with Crippen LogP contribution < -0.4 is 29.5 Å². The Kier molecular flexibility index (Phi) is 20.0. The Morgan fingerprint density at radius 3 is 1.19 bits per heavy atom. The van der Waals surface area contributed by atoms with Gasteiger partial charge in [0.05, 0.1) is 56.2 Å². The monoisotopic (exact) mass is 1620 g/mol. The van der Waals surface area contributed by atoms with Crippen LogP contribution in [0.25, 0.3) is 55.4 Å². The predicted molar refractivity (Wildman–Crippen MR) is 428 cm³/mol. The van der Waals surface area contributed by atoms with E-state index in [0.717, 1.165) is 129 Å². The summed E-state index contributed by atoms with van der Waals surface area (Å²) in [6.45, 7) is 8.26. The first-order valence-electron chi connectivity index (χ1n) is 33.5. The summed E-state index contributed by atoms with van der Waals surface area (Å²) in [6.07, 6.45) is 0.979. The zero-order valence-electron chi connectivity index (χ0n) is 56.5. The zero-order valence-corrected chi connectivity index (χ0v) is 62.9. The van der Waals surface area contributed by atoms with E-state index in [1.165, 1.54) is 23.3 Å². The van der Waals surface area contributed by atoms with Gasteiger partial charge in [-0.2, -0.15) is 0 Å². The van der Waals surface area contributed by atoms with Crippen LogP contribution in [0.4, 0.5) is 38.5 Å². The van der Waals surface area contributed by atoms with Gasteiger partial charge in [-0.05, 0) is 217 Å². The zero-order chi connectivity index (χ0) is 71.5. The van der Waals surface area contributed by atoms with Crippen LogP contribution in [-0.2, 0) is 15.7 Å². The first kappa shape index (κ1) is 69.2. The molecule has 1 saturated heterocycles. The highest BCUT2D eigenvalue weighted by atomic mass is 79.9. The van der Waals surface area contributed by atoms with E-state index in [1.54, 1.807) is 6.07 Å². The number of halogens is 5. The summed E-state index contributed by atoms with van der Waals surface area (Å²) in [7, 11) is -0.240. The third kappa shape index (κ3) is 14.7. The SMILES string of the molecule is Brc1nc(Br)c2ccc(N3c4ccccc4Oc4ccccc43)cc2n1.CC1(C)OB(c2ccccc2)OC1(C)C.Fc1ccc2c(Br)nc(Br)nc2c1.c1ccc(-c2nc(-c3ccccc3)c3ccc(N4c5ccccc5Oc5ccccc54)cc3n2)cc1.c1ccc2c(c1)Cc1ccccc1O2. The summed E-state index contributed by atoms with van der Waals surface area (Å²) >= 11 is 13.3. The Morgan fingerprint density at radius 1 is 0.356 bits per heavy atom. The molecule has 12 aromatic carbocycles. The number of anilines is 6. The molecule has 19 heteroatoms. The molecule has 0 radical (unpaired) electrons. The van der Waals surface area contributed by atoms with Gasteiger partial charge in [0.1, 0.15) is 26.5 Å². The number of rotatable bonds is 5. The molecule has 4 aliphatic heterocycles. The summed E-state index contributed by atoms with van der Waals surface area (Å²) in [5.74, 6) is 5.71. The summed E-state index contributed by atoms with van der Waals surface area (Å²) in [6, 6.07) is 96.1. The van der Waals surface area contributed by atoms with Crippen LogP contribution >= 0.6 is 63.7 Å². The molecule has 0 unspecified atom stereocenters. The fourth-order valence-electron chi connectivity index (χ4n) is 12.4. The minimum Gasteiger partial charge on any atom is -0.457 e. The number of hydrogen-bond donors (Lipinski definition) is 0. The second-order valence-electron chi connectivity index (χ2n) is 25.5. The van der Waals surface area contributed by atoms with Crippen molar-refractivity contribution in [2.45, 2.75) is 45.3 Å². The Bertz CT molecular complexity index is 5480. The number of benzene rings is 12. The lowest BCUT2D eigenvalue weighted by Crippen LogP contribution is -2.41. The molecule has 0 amide bonds. The molecule has 0 aliphatic carbocycles. The maximum absolute atomic E-state index is 12.8. The van der Waals surface area contributed by atoms with Crippen LogP contribution in [0, 0.1) is 5.82 Å². The molecule has 19 rings (SSSR count). The van der Waals surface area contributed by atoms with E-state index in [1.807, 2.05) is 182 Å². The van der Waals surface area contributed by atoms with Gasteiger partial charge in [0, 0.05) is 51.1 Å². The minimum absolute atomic E-state index is 0.240. The standard InChI is InChI=1S/C32H21N3O.C20H11Br2N3O.C13H10O.C12H17BO2.C8H3Br2FN2/c1-3-11-22(12-4-1)31-25-20-19-24(21-26(25)33-32(34-31)23-13-5-2-6-14-23)35-27-15-7-9-17-29(27)36-30-18-10-8-16-28(30)35;21-19-13-10-9-12(11-14(13)23-20(22)24-19)25-15-5-1-3-7-17(15)26-18-8-4-2-6-16(18)25;1-3-7-12-10(5-1)9-11-6-2-4-8-13(11)14-12;1-11(2)12(3,4)15-13(14-11)10-8-6-5-7-9-10;9-7-5-2-1-4(11)3-6(5)12-8(10)13-7/h1-21H;1-11H;1-8H,9H2;5-9H,1-4H3;1-3H. The molecule has 104 heavy (non-hydrogen) atoms. The maximum Gasteiger partial charge on any atom is 0.494 e. The van der Waals surface area contributed by atoms with E-state index in [-0.39, 0.29) is 24.1 Å². The van der Waals surface area contributed by atoms with Gasteiger partial charge in [0.25, 0.3) is 0 Å². The van der Waals surface area contributed by atoms with Crippen molar-refractivity contribution < 1.29 is 27.9 Å². The predicted octanol–water partition coefficient (Wildman–Crippen LogP) is 23.9. The molecule has 15 aromatic rings. The van der Waals surface area contributed by atoms with Crippen molar-refractivity contribution in [3.8, 4) is 57.1 Å². The van der Waals surface area contributed by atoms with E-state index >= 15 is 0 Å². The van der Waals surface area contributed by atoms with E-state index in [0.29, 0.717) is 25.4 Å². The van der Waals surface area contributed by atoms with E-state index in [2.05, 4.69) is 212 Å². The van der Waals surface area contributed by atoms with Gasteiger partial charge in [-0.25, -0.2) is 34.3 Å². The Morgan fingerprint density at radius 2 is 0.721 bits per heavy atom. The lowest BCUT2D eigenvalue weighted by molar-refractivity contribution is 0.00578. The van der Waals surface area contributed by atoms with Crippen LogP contribution in [0.15, 0.2) is 310 Å². The van der Waals surface area contributed by atoms with Crippen LogP contribution in [0.5, 0.6) is 34.5 Å². The Labute approximate surface area is 635 Å². The normalized spacial score (nSPS) is 13.6. The molecule has 0 spiro atoms. The molecule has 4 aliphatic rings. The third-order valence-electron chi connectivity index (χ3n) is 18.2. The summed E-state index contributed by atoms with van der Waals surface area (Å²) in [5, 5.41) is 2.77. The van der Waals surface area contributed by atoms with Gasteiger partial charge >= 0.3 is 7.12 Å². The summed E-state index contributed by atoms with van der Waals surface area (Å²) in [5.41, 5.74) is 14.4. The Balaban J connectivity index is 0.000000112. The summed E-state index contributed by atoms with van der Waals surface area (Å²) < 4.78 is 45.1. The van der Waals surface area contributed by atoms with E-state index in [9.17, 15) is 4.39 Å². The van der Waals surface area contributed by atoms with Gasteiger partial charge in [-0.3, -0.25) is 0 Å². The average Bonchev–Trinajstić information content (AvgIpc) is 0.939. The molecule has 7 heterocycles. The lowest BCUT2D eigenvalue weighted by Gasteiger charge is -2.32. The molecule has 0 atom stereocenters. The minimum atomic E-state index is -0.301. The maximum atomic E-state index is 12.8. The van der Waals surface area contributed by atoms with Crippen LogP contribution in [0.3, 0.4) is 0 Å². The lowest BCUT2D eigenvalue weighted by atomic mass is 9.79. The van der Waals surface area contributed by atoms with Crippen LogP contribution in [-0.4, -0.2) is 48.2 Å². The largest absolute Gasteiger partial charge is 0.494 e. The number of ether oxygens (including phenoxy) is 3. The quantitative estimate of drug-likeness (QED) is 0.0921. The molecule has 0 bridgehead atoms. The number of aromatic nitrogens is 6. The number of fused-ring (bicyclic) bond motifs is 9. The second-order valence-corrected chi connectivity index (χ2v) is 28.4. The molecule has 3 aromatic heterocycles. The fourth-order valence-corrected chi connectivity index (χ4v) is 14.6. The van der Waals surface area contributed by atoms with Crippen molar-refractivity contribution >= 4 is 143 Å².